The Kier molecular flexibility index (Phi) is 8.24. The average molecular weight is 499 g/mol. The first kappa shape index (κ1) is 25.9. The Hall–Kier alpha value is -3.72. The second-order valence-corrected chi connectivity index (χ2v) is 9.74. The highest BCUT2D eigenvalue weighted by molar-refractivity contribution is 7.93. The smallest absolute Gasteiger partial charge is 0.268 e. The Morgan fingerprint density at radius 2 is 1.51 bits per heavy atom. The minimum atomic E-state index is -4.12. The van der Waals surface area contributed by atoms with Gasteiger partial charge in [0.1, 0.15) is 17.2 Å². The van der Waals surface area contributed by atoms with Gasteiger partial charge in [0.25, 0.3) is 10.0 Å². The molecule has 0 aliphatic carbocycles. The maximum absolute atomic E-state index is 13.7. The number of benzene rings is 3. The Bertz CT molecular complexity index is 1280. The molecule has 3 aromatic carbocycles. The van der Waals surface area contributed by atoms with Crippen LogP contribution < -0.4 is 23.8 Å². The zero-order chi connectivity index (χ0) is 25.6. The van der Waals surface area contributed by atoms with E-state index in [1.165, 1.54) is 20.3 Å². The molecule has 0 saturated heterocycles. The highest BCUT2D eigenvalue weighted by atomic mass is 32.2. The van der Waals surface area contributed by atoms with Gasteiger partial charge in [0.2, 0.25) is 5.91 Å². The van der Waals surface area contributed by atoms with Gasteiger partial charge in [-0.15, -0.1) is 0 Å². The summed E-state index contributed by atoms with van der Waals surface area (Å²) >= 11 is 0. The van der Waals surface area contributed by atoms with Crippen LogP contribution in [0, 0.1) is 6.92 Å². The van der Waals surface area contributed by atoms with Crippen molar-refractivity contribution in [1.82, 2.24) is 5.32 Å². The van der Waals surface area contributed by atoms with Gasteiger partial charge in [-0.25, -0.2) is 8.42 Å². The van der Waals surface area contributed by atoms with E-state index < -0.39 is 28.5 Å². The first-order valence-corrected chi connectivity index (χ1v) is 12.4. The van der Waals surface area contributed by atoms with Gasteiger partial charge in [-0.3, -0.25) is 9.10 Å². The fourth-order valence-electron chi connectivity index (χ4n) is 3.64. The van der Waals surface area contributed by atoms with Crippen LogP contribution in [0.4, 0.5) is 5.69 Å². The summed E-state index contributed by atoms with van der Waals surface area (Å²) in [6.45, 7) is 3.19. The number of aryl methyl sites for hydroxylation is 1. The first-order valence-electron chi connectivity index (χ1n) is 10.9. The second-order valence-electron chi connectivity index (χ2n) is 7.91. The van der Waals surface area contributed by atoms with E-state index in [0.717, 1.165) is 15.4 Å². The molecule has 0 fully saturated rings. The van der Waals surface area contributed by atoms with E-state index in [2.05, 4.69) is 5.32 Å². The summed E-state index contributed by atoms with van der Waals surface area (Å²) in [5.41, 5.74) is 1.90. The van der Waals surface area contributed by atoms with Crippen molar-refractivity contribution in [2.75, 3.05) is 32.2 Å². The number of ether oxygens (including phenoxy) is 3. The Morgan fingerprint density at radius 3 is 2.14 bits per heavy atom. The minimum absolute atomic E-state index is 0.00964. The van der Waals surface area contributed by atoms with Crippen molar-refractivity contribution >= 4 is 21.6 Å². The lowest BCUT2D eigenvalue weighted by Crippen LogP contribution is -2.41. The summed E-state index contributed by atoms with van der Waals surface area (Å²) in [7, 11) is 0.368. The highest BCUT2D eigenvalue weighted by Gasteiger charge is 2.30. The normalized spacial score (nSPS) is 11.9. The molecule has 9 heteroatoms. The predicted octanol–water partition coefficient (Wildman–Crippen LogP) is 4.09. The van der Waals surface area contributed by atoms with Crippen LogP contribution in [0.2, 0.25) is 0 Å². The number of rotatable bonds is 10. The van der Waals surface area contributed by atoms with Crippen molar-refractivity contribution in [1.29, 1.82) is 0 Å². The summed E-state index contributed by atoms with van der Waals surface area (Å²) in [4.78, 5) is 13.1. The number of carbonyl (C=O) groups is 1. The lowest BCUT2D eigenvalue weighted by Gasteiger charge is -2.26. The maximum atomic E-state index is 13.7. The van der Waals surface area contributed by atoms with Crippen LogP contribution in [0.15, 0.2) is 71.6 Å². The van der Waals surface area contributed by atoms with Gasteiger partial charge < -0.3 is 19.5 Å². The number of methoxy groups -OCH3 is 3. The molecule has 0 aliphatic rings. The van der Waals surface area contributed by atoms with Crippen molar-refractivity contribution in [3.8, 4) is 17.2 Å². The second kappa shape index (κ2) is 11.1. The fourth-order valence-corrected chi connectivity index (χ4v) is 5.30. The zero-order valence-corrected chi connectivity index (χ0v) is 21.3. The zero-order valence-electron chi connectivity index (χ0n) is 20.4. The number of amides is 1. The number of sulfonamides is 1. The van der Waals surface area contributed by atoms with Gasteiger partial charge in [-0.2, -0.15) is 0 Å². The molecule has 1 amide bonds. The number of nitrogens with zero attached hydrogens (tertiary/aromatic N) is 1. The quantitative estimate of drug-likeness (QED) is 0.452. The van der Waals surface area contributed by atoms with Crippen LogP contribution in [0.5, 0.6) is 17.2 Å². The number of hydrogen-bond donors (Lipinski definition) is 1. The summed E-state index contributed by atoms with van der Waals surface area (Å²) < 4.78 is 44.5. The van der Waals surface area contributed by atoms with Crippen LogP contribution in [-0.2, 0) is 14.8 Å². The van der Waals surface area contributed by atoms with Crippen molar-refractivity contribution in [2.45, 2.75) is 24.8 Å². The molecule has 3 aromatic rings. The molecule has 0 unspecified atom stereocenters. The third-order valence-corrected chi connectivity index (χ3v) is 7.30. The maximum Gasteiger partial charge on any atom is 0.268 e. The van der Waals surface area contributed by atoms with Gasteiger partial charge >= 0.3 is 0 Å². The van der Waals surface area contributed by atoms with Crippen LogP contribution in [0.1, 0.15) is 24.1 Å². The first-order chi connectivity index (χ1) is 16.7. The van der Waals surface area contributed by atoms with E-state index in [-0.39, 0.29) is 10.6 Å². The third kappa shape index (κ3) is 5.86. The van der Waals surface area contributed by atoms with Gasteiger partial charge in [0.05, 0.1) is 33.1 Å². The van der Waals surface area contributed by atoms with Gasteiger partial charge in [0, 0.05) is 0 Å². The average Bonchev–Trinajstić information content (AvgIpc) is 2.87. The van der Waals surface area contributed by atoms with E-state index in [9.17, 15) is 13.2 Å². The number of hydrogen-bond acceptors (Lipinski definition) is 6. The van der Waals surface area contributed by atoms with E-state index in [4.69, 9.17) is 14.2 Å². The van der Waals surface area contributed by atoms with Crippen LogP contribution in [-0.4, -0.2) is 42.2 Å². The Balaban J connectivity index is 1.91. The summed E-state index contributed by atoms with van der Waals surface area (Å²) in [6.07, 6.45) is 0. The van der Waals surface area contributed by atoms with E-state index in [1.807, 2.05) is 13.0 Å². The highest BCUT2D eigenvalue weighted by Crippen LogP contribution is 2.32. The molecular weight excluding hydrogens is 468 g/mol. The molecule has 0 aromatic heterocycles. The van der Waals surface area contributed by atoms with Gasteiger partial charge in [-0.05, 0) is 61.4 Å². The molecule has 1 atom stereocenters. The molecule has 0 spiro atoms. The number of nitrogens with one attached hydrogen (secondary N) is 1. The monoisotopic (exact) mass is 498 g/mol. The summed E-state index contributed by atoms with van der Waals surface area (Å²) in [5, 5.41) is 2.88. The van der Waals surface area contributed by atoms with Crippen molar-refractivity contribution in [3.05, 3.63) is 77.9 Å². The molecule has 8 nitrogen and oxygen atoms in total. The SMILES string of the molecule is COc1ccc([C@@H](C)NC(=O)CN(c2ccccc2)S(=O)(=O)c2cc(C)ccc2OC)cc1OC. The largest absolute Gasteiger partial charge is 0.495 e. The minimum Gasteiger partial charge on any atom is -0.495 e. The molecule has 0 bridgehead atoms. The molecule has 0 aliphatic heterocycles. The summed E-state index contributed by atoms with van der Waals surface area (Å²) in [5.74, 6) is 0.844. The molecule has 0 radical (unpaired) electrons. The van der Waals surface area contributed by atoms with Gasteiger partial charge in [-0.1, -0.05) is 30.3 Å². The molecule has 3 rings (SSSR count). The van der Waals surface area contributed by atoms with Crippen LogP contribution in [0.25, 0.3) is 0 Å². The van der Waals surface area contributed by atoms with Crippen molar-refractivity contribution in [3.63, 3.8) is 0 Å². The molecule has 1 N–H and O–H groups in total. The van der Waals surface area contributed by atoms with Crippen molar-refractivity contribution < 1.29 is 27.4 Å². The molecule has 0 heterocycles. The molecule has 35 heavy (non-hydrogen) atoms. The number of carbonyl (C=O) groups excluding carboxylic acids is 1. The molecular formula is C26H30N2O6S. The number of para-hydroxylation sites is 1. The lowest BCUT2D eigenvalue weighted by atomic mass is 10.1. The van der Waals surface area contributed by atoms with E-state index in [0.29, 0.717) is 17.2 Å². The van der Waals surface area contributed by atoms with E-state index in [1.54, 1.807) is 68.6 Å². The predicted molar refractivity (Wildman–Crippen MR) is 135 cm³/mol. The molecule has 186 valence electrons. The third-order valence-electron chi connectivity index (χ3n) is 5.50. The number of anilines is 1. The lowest BCUT2D eigenvalue weighted by molar-refractivity contribution is -0.120. The van der Waals surface area contributed by atoms with Crippen LogP contribution >= 0.6 is 0 Å². The fraction of sp³-hybridized carbons (Fsp3) is 0.269. The Morgan fingerprint density at radius 1 is 0.886 bits per heavy atom. The molecule has 0 saturated carbocycles. The van der Waals surface area contributed by atoms with Gasteiger partial charge in [0.15, 0.2) is 11.5 Å². The topological polar surface area (TPSA) is 94.2 Å². The van der Waals surface area contributed by atoms with E-state index >= 15 is 0 Å². The van der Waals surface area contributed by atoms with Crippen LogP contribution in [0.3, 0.4) is 0 Å². The summed E-state index contributed by atoms with van der Waals surface area (Å²) in [6, 6.07) is 18.3. The Labute approximate surface area is 206 Å². The standard InChI is InChI=1S/C26H30N2O6S/c1-18-11-13-23(33-4)25(15-18)35(30,31)28(21-9-7-6-8-10-21)17-26(29)27-19(2)20-12-14-22(32-3)24(16-20)34-5/h6-16,19H,17H2,1-5H3,(H,27,29)/t19-/m1/s1. The van der Waals surface area contributed by atoms with Crippen molar-refractivity contribution in [2.24, 2.45) is 0 Å².